The molecular weight excluding hydrogens is 324 g/mol. The van der Waals surface area contributed by atoms with E-state index in [4.69, 9.17) is 5.73 Å². The summed E-state index contributed by atoms with van der Waals surface area (Å²) in [6, 6.07) is 5.64. The molecule has 0 saturated carbocycles. The van der Waals surface area contributed by atoms with Gasteiger partial charge >= 0.3 is 0 Å². The number of fused-ring (bicyclic) bond motifs is 1. The van der Waals surface area contributed by atoms with Crippen LogP contribution in [0.4, 0.5) is 0 Å². The van der Waals surface area contributed by atoms with Crippen LogP contribution in [0.1, 0.15) is 10.5 Å². The number of hydrogen-bond acceptors (Lipinski definition) is 2. The van der Waals surface area contributed by atoms with Crippen molar-refractivity contribution in [2.45, 2.75) is 0 Å². The number of primary amides is 1. The minimum Gasteiger partial charge on any atom is -0.364 e. The highest BCUT2D eigenvalue weighted by atomic mass is 79.9. The lowest BCUT2D eigenvalue weighted by Gasteiger charge is -2.05. The van der Waals surface area contributed by atoms with E-state index in [2.05, 4.69) is 36.8 Å². The molecule has 0 aliphatic carbocycles. The van der Waals surface area contributed by atoms with Crippen LogP contribution in [0.2, 0.25) is 0 Å². The Bertz CT molecular complexity index is 554. The fraction of sp³-hybridized carbons (Fsp3) is 0. The van der Waals surface area contributed by atoms with Crippen molar-refractivity contribution in [3.05, 3.63) is 39.0 Å². The van der Waals surface area contributed by atoms with Crippen LogP contribution in [0.15, 0.2) is 33.3 Å². The molecule has 0 fully saturated rings. The molecule has 1 amide bonds. The molecule has 1 heterocycles. The number of carbonyl (C=O) groups is 1. The molecule has 0 aliphatic rings. The van der Waals surface area contributed by atoms with Crippen molar-refractivity contribution in [2.75, 3.05) is 0 Å². The van der Waals surface area contributed by atoms with E-state index < -0.39 is 5.91 Å². The van der Waals surface area contributed by atoms with Gasteiger partial charge in [0.25, 0.3) is 5.91 Å². The van der Waals surface area contributed by atoms with Gasteiger partial charge in [0, 0.05) is 25.9 Å². The Balaban J connectivity index is 2.96. The zero-order valence-corrected chi connectivity index (χ0v) is 10.7. The second-order valence-electron chi connectivity index (χ2n) is 2.98. The van der Waals surface area contributed by atoms with Crippen molar-refractivity contribution < 1.29 is 4.79 Å². The van der Waals surface area contributed by atoms with Crippen LogP contribution in [-0.2, 0) is 0 Å². The Morgan fingerprint density at radius 1 is 1.27 bits per heavy atom. The minimum absolute atomic E-state index is 0.278. The summed E-state index contributed by atoms with van der Waals surface area (Å²) < 4.78 is 1.64. The van der Waals surface area contributed by atoms with Crippen LogP contribution in [0.3, 0.4) is 0 Å². The van der Waals surface area contributed by atoms with Crippen LogP contribution in [0, 0.1) is 0 Å². The third kappa shape index (κ3) is 1.77. The molecule has 3 nitrogen and oxygen atoms in total. The first-order valence-corrected chi connectivity index (χ1v) is 5.72. The van der Waals surface area contributed by atoms with E-state index in [-0.39, 0.29) is 5.69 Å². The summed E-state index contributed by atoms with van der Waals surface area (Å²) in [5, 5.41) is 1.65. The van der Waals surface area contributed by atoms with E-state index in [1.807, 2.05) is 18.2 Å². The van der Waals surface area contributed by atoms with E-state index in [1.165, 1.54) is 0 Å². The summed E-state index contributed by atoms with van der Waals surface area (Å²) in [7, 11) is 0. The summed E-state index contributed by atoms with van der Waals surface area (Å²) in [5.41, 5.74) is 5.54. The van der Waals surface area contributed by atoms with Crippen molar-refractivity contribution in [3.8, 4) is 0 Å². The summed E-state index contributed by atoms with van der Waals surface area (Å²) in [6.07, 6.45) is 1.58. The highest BCUT2D eigenvalue weighted by molar-refractivity contribution is 9.11. The van der Waals surface area contributed by atoms with Gasteiger partial charge in [0.2, 0.25) is 0 Å². The molecule has 0 bridgehead atoms. The molecule has 0 spiro atoms. The molecule has 0 unspecified atom stereocenters. The van der Waals surface area contributed by atoms with Crippen LogP contribution >= 0.6 is 31.9 Å². The number of aromatic nitrogens is 1. The first-order chi connectivity index (χ1) is 7.11. The number of hydrogen-bond donors (Lipinski definition) is 1. The summed E-state index contributed by atoms with van der Waals surface area (Å²) in [4.78, 5) is 15.2. The fourth-order valence-corrected chi connectivity index (χ4v) is 2.39. The number of nitrogens with two attached hydrogens (primary N) is 1. The average Bonchev–Trinajstić information content (AvgIpc) is 2.19. The van der Waals surface area contributed by atoms with Gasteiger partial charge in [0.15, 0.2) is 0 Å². The smallest absolute Gasteiger partial charge is 0.267 e. The van der Waals surface area contributed by atoms with Gasteiger partial charge in [-0.15, -0.1) is 0 Å². The van der Waals surface area contributed by atoms with Gasteiger partial charge in [0.05, 0.1) is 0 Å². The molecule has 2 N–H and O–H groups in total. The van der Waals surface area contributed by atoms with Crippen molar-refractivity contribution >= 4 is 48.5 Å². The van der Waals surface area contributed by atoms with E-state index in [0.717, 1.165) is 19.7 Å². The van der Waals surface area contributed by atoms with Crippen molar-refractivity contribution in [1.82, 2.24) is 4.98 Å². The molecule has 1 aromatic heterocycles. The molecule has 5 heteroatoms. The number of benzene rings is 1. The van der Waals surface area contributed by atoms with Crippen LogP contribution in [-0.4, -0.2) is 10.9 Å². The van der Waals surface area contributed by atoms with Crippen molar-refractivity contribution in [2.24, 2.45) is 5.73 Å². The number of amides is 1. The van der Waals surface area contributed by atoms with Crippen LogP contribution in [0.5, 0.6) is 0 Å². The minimum atomic E-state index is -0.528. The van der Waals surface area contributed by atoms with Gasteiger partial charge in [0.1, 0.15) is 5.69 Å². The molecule has 0 radical (unpaired) electrons. The highest BCUT2D eigenvalue weighted by Gasteiger charge is 2.12. The predicted octanol–water partition coefficient (Wildman–Crippen LogP) is 2.86. The van der Waals surface area contributed by atoms with Crippen LogP contribution < -0.4 is 5.73 Å². The van der Waals surface area contributed by atoms with E-state index in [9.17, 15) is 4.79 Å². The summed E-state index contributed by atoms with van der Waals surface area (Å²) in [5.74, 6) is -0.528. The number of rotatable bonds is 1. The Hall–Kier alpha value is -0.940. The lowest BCUT2D eigenvalue weighted by atomic mass is 10.1. The highest BCUT2D eigenvalue weighted by Crippen LogP contribution is 2.30. The van der Waals surface area contributed by atoms with Gasteiger partial charge in [-0.3, -0.25) is 4.79 Å². The first kappa shape index (κ1) is 10.6. The molecule has 0 aliphatic heterocycles. The van der Waals surface area contributed by atoms with Gasteiger partial charge in [-0.1, -0.05) is 28.1 Å². The Morgan fingerprint density at radius 2 is 2.00 bits per heavy atom. The fourth-order valence-electron chi connectivity index (χ4n) is 1.41. The van der Waals surface area contributed by atoms with E-state index in [1.54, 1.807) is 6.20 Å². The quantitative estimate of drug-likeness (QED) is 0.874. The SMILES string of the molecule is NC(=O)c1ncc(Br)c2cccc(Br)c12. The zero-order chi connectivity index (χ0) is 11.0. The van der Waals surface area contributed by atoms with E-state index in [0.29, 0.717) is 0 Å². The third-order valence-electron chi connectivity index (χ3n) is 2.05. The van der Waals surface area contributed by atoms with Gasteiger partial charge in [-0.2, -0.15) is 0 Å². The number of carbonyl (C=O) groups excluding carboxylic acids is 1. The number of halogens is 2. The predicted molar refractivity (Wildman–Crippen MR) is 65.7 cm³/mol. The van der Waals surface area contributed by atoms with Crippen molar-refractivity contribution in [3.63, 3.8) is 0 Å². The third-order valence-corrected chi connectivity index (χ3v) is 3.34. The number of nitrogens with zero attached hydrogens (tertiary/aromatic N) is 1. The lowest BCUT2D eigenvalue weighted by molar-refractivity contribution is 0.0997. The molecule has 76 valence electrons. The van der Waals surface area contributed by atoms with Gasteiger partial charge in [-0.25, -0.2) is 4.98 Å². The number of pyridine rings is 1. The average molecular weight is 330 g/mol. The Kier molecular flexibility index (Phi) is 2.75. The molecule has 15 heavy (non-hydrogen) atoms. The normalized spacial score (nSPS) is 10.5. The molecule has 2 aromatic rings. The van der Waals surface area contributed by atoms with E-state index >= 15 is 0 Å². The van der Waals surface area contributed by atoms with Crippen molar-refractivity contribution in [1.29, 1.82) is 0 Å². The van der Waals surface area contributed by atoms with Crippen LogP contribution in [0.25, 0.3) is 10.8 Å². The molecule has 1 aromatic carbocycles. The summed E-state index contributed by atoms with van der Waals surface area (Å²) >= 11 is 6.76. The maximum atomic E-state index is 11.2. The Morgan fingerprint density at radius 3 is 2.67 bits per heavy atom. The van der Waals surface area contributed by atoms with Gasteiger partial charge in [-0.05, 0) is 22.0 Å². The second-order valence-corrected chi connectivity index (χ2v) is 4.69. The standard InChI is InChI=1S/C10H6Br2N2O/c11-6-3-1-2-5-7(12)4-14-9(8(5)6)10(13)15/h1-4H,(H2,13,15). The maximum Gasteiger partial charge on any atom is 0.267 e. The summed E-state index contributed by atoms with van der Waals surface area (Å²) in [6.45, 7) is 0. The molecule has 2 rings (SSSR count). The zero-order valence-electron chi connectivity index (χ0n) is 7.50. The topological polar surface area (TPSA) is 56.0 Å². The maximum absolute atomic E-state index is 11.2. The first-order valence-electron chi connectivity index (χ1n) is 4.14. The lowest BCUT2D eigenvalue weighted by Crippen LogP contribution is -2.13. The van der Waals surface area contributed by atoms with Gasteiger partial charge < -0.3 is 5.73 Å². The molecule has 0 saturated heterocycles. The second kappa shape index (κ2) is 3.90. The molecule has 0 atom stereocenters. The monoisotopic (exact) mass is 328 g/mol. The largest absolute Gasteiger partial charge is 0.364 e. The Labute approximate surface area is 103 Å². The molecular formula is C10H6Br2N2O.